The minimum Gasteiger partial charge on any atom is -0.493 e. The summed E-state index contributed by atoms with van der Waals surface area (Å²) in [6.45, 7) is 0.685. The third-order valence-electron chi connectivity index (χ3n) is 5.70. The number of ether oxygens (including phenoxy) is 1. The molecule has 0 aliphatic heterocycles. The van der Waals surface area contributed by atoms with Gasteiger partial charge in [0.25, 0.3) is 0 Å². The van der Waals surface area contributed by atoms with Crippen molar-refractivity contribution in [1.82, 2.24) is 19.5 Å². The minimum absolute atomic E-state index is 0.408. The standard InChI is InChI=1S/C21H21BrN6O/c22-17-8-13-2-4-15(9-18(13)27-20(17)24)29-10-12-1-3-14(7-12)28-6-5-16-19(23)25-11-26-21(16)28/h2,4-6,8-9,11-12,14H,1,3,7,10H2,(H2,24,27)(H2,23,25,26)/t12-,14+/m1/s1. The molecule has 1 aromatic carbocycles. The van der Waals surface area contributed by atoms with E-state index in [1.54, 1.807) is 0 Å². The van der Waals surface area contributed by atoms with Gasteiger partial charge < -0.3 is 20.8 Å². The zero-order chi connectivity index (χ0) is 20.0. The van der Waals surface area contributed by atoms with Crippen LogP contribution in [0.1, 0.15) is 25.3 Å². The van der Waals surface area contributed by atoms with Crippen LogP contribution in [0.4, 0.5) is 11.6 Å². The molecule has 0 bridgehead atoms. The van der Waals surface area contributed by atoms with Crippen LogP contribution in [-0.4, -0.2) is 26.1 Å². The fourth-order valence-corrected chi connectivity index (χ4v) is 4.51. The second-order valence-electron chi connectivity index (χ2n) is 7.57. The molecule has 2 atom stereocenters. The average molecular weight is 453 g/mol. The van der Waals surface area contributed by atoms with Crippen LogP contribution >= 0.6 is 15.9 Å². The number of nitrogens with two attached hydrogens (primary N) is 2. The summed E-state index contributed by atoms with van der Waals surface area (Å²) in [4.78, 5) is 12.9. The summed E-state index contributed by atoms with van der Waals surface area (Å²) in [5.74, 6) is 2.33. The summed E-state index contributed by atoms with van der Waals surface area (Å²) in [7, 11) is 0. The SMILES string of the molecule is Nc1nc2cc(OC[C@@H]3CC[C@H](n4ccc5c(N)ncnc54)C3)ccc2cc1Br. The molecule has 0 amide bonds. The van der Waals surface area contributed by atoms with Crippen LogP contribution in [0.3, 0.4) is 0 Å². The normalized spacial score (nSPS) is 19.2. The van der Waals surface area contributed by atoms with Gasteiger partial charge in [-0.25, -0.2) is 15.0 Å². The van der Waals surface area contributed by atoms with Crippen LogP contribution in [-0.2, 0) is 0 Å². The topological polar surface area (TPSA) is 105 Å². The number of halogens is 1. The molecule has 3 aromatic heterocycles. The van der Waals surface area contributed by atoms with E-state index in [9.17, 15) is 0 Å². The second kappa shape index (κ2) is 7.18. The number of nitrogen functional groups attached to an aromatic ring is 2. The summed E-state index contributed by atoms with van der Waals surface area (Å²) in [5.41, 5.74) is 13.6. The Morgan fingerprint density at radius 3 is 2.90 bits per heavy atom. The molecule has 148 valence electrons. The van der Waals surface area contributed by atoms with E-state index < -0.39 is 0 Å². The van der Waals surface area contributed by atoms with Crippen molar-refractivity contribution in [3.8, 4) is 5.75 Å². The Labute approximate surface area is 176 Å². The molecule has 1 saturated carbocycles. The van der Waals surface area contributed by atoms with E-state index in [4.69, 9.17) is 16.2 Å². The lowest BCUT2D eigenvalue weighted by Crippen LogP contribution is -2.11. The van der Waals surface area contributed by atoms with Crippen LogP contribution in [0.2, 0.25) is 0 Å². The monoisotopic (exact) mass is 452 g/mol. The maximum absolute atomic E-state index is 6.09. The van der Waals surface area contributed by atoms with Crippen LogP contribution in [0, 0.1) is 5.92 Å². The van der Waals surface area contributed by atoms with Gasteiger partial charge in [0.2, 0.25) is 0 Å². The summed E-state index contributed by atoms with van der Waals surface area (Å²) >= 11 is 3.42. The lowest BCUT2D eigenvalue weighted by Gasteiger charge is -2.15. The Morgan fingerprint density at radius 1 is 1.10 bits per heavy atom. The van der Waals surface area contributed by atoms with Gasteiger partial charge in [0.15, 0.2) is 0 Å². The van der Waals surface area contributed by atoms with Gasteiger partial charge in [-0.1, -0.05) is 0 Å². The van der Waals surface area contributed by atoms with Crippen LogP contribution in [0.5, 0.6) is 5.75 Å². The van der Waals surface area contributed by atoms with E-state index in [0.717, 1.165) is 51.4 Å². The Balaban J connectivity index is 1.27. The van der Waals surface area contributed by atoms with E-state index in [1.807, 2.05) is 30.3 Å². The molecule has 8 heteroatoms. The van der Waals surface area contributed by atoms with Crippen molar-refractivity contribution in [3.63, 3.8) is 0 Å². The highest BCUT2D eigenvalue weighted by atomic mass is 79.9. The van der Waals surface area contributed by atoms with Crippen molar-refractivity contribution in [2.75, 3.05) is 18.1 Å². The number of nitrogens with zero attached hydrogens (tertiary/aromatic N) is 4. The Morgan fingerprint density at radius 2 is 2.00 bits per heavy atom. The third-order valence-corrected chi connectivity index (χ3v) is 6.34. The lowest BCUT2D eigenvalue weighted by atomic mass is 10.1. The Hall–Kier alpha value is -2.87. The molecule has 1 fully saturated rings. The van der Waals surface area contributed by atoms with E-state index in [1.165, 1.54) is 6.33 Å². The van der Waals surface area contributed by atoms with Gasteiger partial charge in [0, 0.05) is 23.7 Å². The number of hydrogen-bond acceptors (Lipinski definition) is 6. The summed E-state index contributed by atoms with van der Waals surface area (Å²) in [5, 5.41) is 1.95. The van der Waals surface area contributed by atoms with Gasteiger partial charge in [-0.15, -0.1) is 0 Å². The molecule has 3 heterocycles. The average Bonchev–Trinajstić information content (AvgIpc) is 3.35. The van der Waals surface area contributed by atoms with E-state index in [0.29, 0.717) is 30.2 Å². The van der Waals surface area contributed by atoms with Crippen molar-refractivity contribution < 1.29 is 4.74 Å². The Bertz CT molecular complexity index is 1210. The molecular formula is C21H21BrN6O. The highest BCUT2D eigenvalue weighted by Crippen LogP contribution is 2.37. The first kappa shape index (κ1) is 18.2. The van der Waals surface area contributed by atoms with Gasteiger partial charge in [0.05, 0.1) is 22.0 Å². The highest BCUT2D eigenvalue weighted by Gasteiger charge is 2.27. The van der Waals surface area contributed by atoms with Crippen LogP contribution in [0.25, 0.3) is 21.9 Å². The van der Waals surface area contributed by atoms with Crippen LogP contribution in [0.15, 0.2) is 47.3 Å². The smallest absolute Gasteiger partial charge is 0.145 e. The predicted molar refractivity (Wildman–Crippen MR) is 118 cm³/mol. The van der Waals surface area contributed by atoms with E-state index >= 15 is 0 Å². The number of fused-ring (bicyclic) bond motifs is 2. The number of hydrogen-bond donors (Lipinski definition) is 2. The fourth-order valence-electron chi connectivity index (χ4n) is 4.18. The van der Waals surface area contributed by atoms with Crippen molar-refractivity contribution in [2.45, 2.75) is 25.3 Å². The number of rotatable bonds is 4. The van der Waals surface area contributed by atoms with Gasteiger partial charge in [0.1, 0.15) is 29.4 Å². The first-order chi connectivity index (χ1) is 14.1. The molecule has 0 radical (unpaired) electrons. The minimum atomic E-state index is 0.408. The van der Waals surface area contributed by atoms with Gasteiger partial charge in [-0.2, -0.15) is 0 Å². The molecule has 0 unspecified atom stereocenters. The van der Waals surface area contributed by atoms with Crippen molar-refractivity contribution in [1.29, 1.82) is 0 Å². The van der Waals surface area contributed by atoms with E-state index in [2.05, 4.69) is 41.6 Å². The second-order valence-corrected chi connectivity index (χ2v) is 8.43. The Kier molecular flexibility index (Phi) is 4.50. The van der Waals surface area contributed by atoms with Gasteiger partial charge in [-0.05, 0) is 65.4 Å². The number of benzene rings is 1. The maximum Gasteiger partial charge on any atom is 0.145 e. The van der Waals surface area contributed by atoms with Crippen molar-refractivity contribution >= 4 is 49.5 Å². The molecule has 29 heavy (non-hydrogen) atoms. The fraction of sp³-hybridized carbons (Fsp3) is 0.286. The molecule has 0 spiro atoms. The number of pyridine rings is 1. The molecule has 7 nitrogen and oxygen atoms in total. The van der Waals surface area contributed by atoms with Crippen LogP contribution < -0.4 is 16.2 Å². The molecule has 4 N–H and O–H groups in total. The highest BCUT2D eigenvalue weighted by molar-refractivity contribution is 9.10. The molecule has 1 aliphatic rings. The predicted octanol–water partition coefficient (Wildman–Crippen LogP) is 4.33. The summed E-state index contributed by atoms with van der Waals surface area (Å²) < 4.78 is 9.13. The quantitative estimate of drug-likeness (QED) is 0.477. The molecule has 0 saturated heterocycles. The van der Waals surface area contributed by atoms with Gasteiger partial charge in [-0.3, -0.25) is 0 Å². The molecule has 5 rings (SSSR count). The third kappa shape index (κ3) is 3.37. The molecule has 1 aliphatic carbocycles. The largest absolute Gasteiger partial charge is 0.493 e. The van der Waals surface area contributed by atoms with E-state index in [-0.39, 0.29) is 0 Å². The summed E-state index contributed by atoms with van der Waals surface area (Å²) in [6.07, 6.45) is 6.88. The number of aromatic nitrogens is 4. The summed E-state index contributed by atoms with van der Waals surface area (Å²) in [6, 6.07) is 10.3. The van der Waals surface area contributed by atoms with Crippen molar-refractivity contribution in [2.24, 2.45) is 5.92 Å². The maximum atomic E-state index is 6.09. The molecule has 4 aromatic rings. The molecular weight excluding hydrogens is 432 g/mol. The van der Waals surface area contributed by atoms with Crippen molar-refractivity contribution in [3.05, 3.63) is 47.3 Å². The first-order valence-corrected chi connectivity index (χ1v) is 10.4. The lowest BCUT2D eigenvalue weighted by molar-refractivity contribution is 0.248. The zero-order valence-electron chi connectivity index (χ0n) is 15.8. The zero-order valence-corrected chi connectivity index (χ0v) is 17.3. The van der Waals surface area contributed by atoms with Gasteiger partial charge >= 0.3 is 0 Å². The first-order valence-electron chi connectivity index (χ1n) is 9.64. The number of anilines is 2.